The van der Waals surface area contributed by atoms with Crippen molar-refractivity contribution in [3.63, 3.8) is 0 Å². The van der Waals surface area contributed by atoms with E-state index in [9.17, 15) is 0 Å². The molecule has 0 atom stereocenters. The van der Waals surface area contributed by atoms with Crippen molar-refractivity contribution in [2.45, 2.75) is 0 Å². The third-order valence-electron chi connectivity index (χ3n) is 0.556. The Morgan fingerprint density at radius 3 is 1.33 bits per heavy atom. The predicted octanol–water partition coefficient (Wildman–Crippen LogP) is -4.97. The molecule has 9 heavy (non-hydrogen) atoms. The molecule has 0 bridgehead atoms. The first-order valence-corrected chi connectivity index (χ1v) is 1.67. The van der Waals surface area contributed by atoms with E-state index in [0.29, 0.717) is 0 Å². The van der Waals surface area contributed by atoms with Gasteiger partial charge >= 0.3 is 26.2 Å². The van der Waals surface area contributed by atoms with Crippen LogP contribution in [0.3, 0.4) is 0 Å². The first-order valence-electron chi connectivity index (χ1n) is 1.67. The van der Waals surface area contributed by atoms with Gasteiger partial charge in [0, 0.05) is 8.41 Å². The number of halogens is 2. The summed E-state index contributed by atoms with van der Waals surface area (Å²) in [5.74, 6) is 0. The SMILES string of the molecule is [B].[Cl-].[Cl-].[Zr+3].c1cc[cH-]c1. The molecule has 1 rings (SSSR count). The van der Waals surface area contributed by atoms with E-state index in [1.54, 1.807) is 0 Å². The van der Waals surface area contributed by atoms with Crippen molar-refractivity contribution in [3.8, 4) is 0 Å². The zero-order valence-corrected chi connectivity index (χ0v) is 8.69. The van der Waals surface area contributed by atoms with Crippen molar-refractivity contribution in [3.05, 3.63) is 30.3 Å². The van der Waals surface area contributed by atoms with Crippen LogP contribution in [0, 0.1) is 0 Å². The van der Waals surface area contributed by atoms with Crippen LogP contribution in [0.1, 0.15) is 0 Å². The molecular formula is C5H5BCl2Zr. The van der Waals surface area contributed by atoms with Crippen molar-refractivity contribution in [2.24, 2.45) is 0 Å². The second kappa shape index (κ2) is 15.9. The van der Waals surface area contributed by atoms with Crippen LogP contribution in [0.5, 0.6) is 0 Å². The summed E-state index contributed by atoms with van der Waals surface area (Å²) in [5, 5.41) is 0. The van der Waals surface area contributed by atoms with Crippen molar-refractivity contribution < 1.29 is 51.0 Å². The Morgan fingerprint density at radius 1 is 0.889 bits per heavy atom. The van der Waals surface area contributed by atoms with Gasteiger partial charge in [0.25, 0.3) is 0 Å². The Bertz CT molecular complexity index is 71.4. The van der Waals surface area contributed by atoms with Crippen molar-refractivity contribution in [1.82, 2.24) is 0 Å². The standard InChI is InChI=1S/C5H5.B.2ClH.Zr/c1-2-4-5-3-1;;;;/h1-5H;;2*1H;/q-1;;;;+3/p-2. The summed E-state index contributed by atoms with van der Waals surface area (Å²) in [7, 11) is 0. The van der Waals surface area contributed by atoms with Crippen LogP contribution in [0.25, 0.3) is 0 Å². The van der Waals surface area contributed by atoms with Crippen LogP contribution >= 0.6 is 0 Å². The zero-order chi connectivity index (χ0) is 3.54. The van der Waals surface area contributed by atoms with Crippen molar-refractivity contribution in [2.75, 3.05) is 0 Å². The van der Waals surface area contributed by atoms with E-state index in [-0.39, 0.29) is 59.4 Å². The largest absolute Gasteiger partial charge is 3.00 e. The molecule has 0 aliphatic carbocycles. The number of rotatable bonds is 0. The third-order valence-corrected chi connectivity index (χ3v) is 0.556. The topological polar surface area (TPSA) is 0 Å². The van der Waals surface area contributed by atoms with E-state index in [0.717, 1.165) is 0 Å². The van der Waals surface area contributed by atoms with Gasteiger partial charge < -0.3 is 24.8 Å². The molecule has 0 fully saturated rings. The van der Waals surface area contributed by atoms with Gasteiger partial charge in [0.2, 0.25) is 0 Å². The van der Waals surface area contributed by atoms with Crippen LogP contribution < -0.4 is 24.8 Å². The third kappa shape index (κ3) is 12.2. The molecule has 0 aliphatic heterocycles. The van der Waals surface area contributed by atoms with Gasteiger partial charge in [0.15, 0.2) is 0 Å². The Kier molecular flexibility index (Phi) is 39.9. The van der Waals surface area contributed by atoms with Gasteiger partial charge in [-0.2, -0.15) is 18.2 Å². The molecule has 1 aromatic rings. The number of hydrogen-bond acceptors (Lipinski definition) is 0. The quantitative estimate of drug-likeness (QED) is 0.314. The minimum Gasteiger partial charge on any atom is -1.00 e. The van der Waals surface area contributed by atoms with E-state index >= 15 is 0 Å². The van der Waals surface area contributed by atoms with Crippen LogP contribution in [0.15, 0.2) is 30.3 Å². The molecule has 46 valence electrons. The fraction of sp³-hybridized carbons (Fsp3) is 0. The molecular weight excluding hydrogens is 233 g/mol. The van der Waals surface area contributed by atoms with E-state index in [1.165, 1.54) is 0 Å². The number of hydrogen-bond donors (Lipinski definition) is 0. The normalized spacial score (nSPS) is 4.44. The molecule has 0 aromatic heterocycles. The molecule has 0 saturated heterocycles. The van der Waals surface area contributed by atoms with Crippen LogP contribution in [0.4, 0.5) is 0 Å². The molecule has 0 heterocycles. The smallest absolute Gasteiger partial charge is 1.00 e. The average Bonchev–Trinajstić information content (AvgIpc) is 1.76. The Labute approximate surface area is 89.3 Å². The second-order valence-corrected chi connectivity index (χ2v) is 0.962. The molecule has 0 N–H and O–H groups in total. The van der Waals surface area contributed by atoms with E-state index in [2.05, 4.69) is 0 Å². The summed E-state index contributed by atoms with van der Waals surface area (Å²) in [6.45, 7) is 0. The van der Waals surface area contributed by atoms with Crippen LogP contribution in [-0.2, 0) is 26.2 Å². The van der Waals surface area contributed by atoms with Gasteiger partial charge in [-0.1, -0.05) is 0 Å². The van der Waals surface area contributed by atoms with Gasteiger partial charge in [-0.25, -0.2) is 12.1 Å². The monoisotopic (exact) mass is 236 g/mol. The minimum absolute atomic E-state index is 0. The fourth-order valence-corrected chi connectivity index (χ4v) is 0.321. The van der Waals surface area contributed by atoms with E-state index < -0.39 is 0 Å². The minimum atomic E-state index is 0. The molecule has 0 amide bonds. The first-order chi connectivity index (χ1) is 2.50. The van der Waals surface area contributed by atoms with E-state index in [4.69, 9.17) is 0 Å². The van der Waals surface area contributed by atoms with Gasteiger partial charge in [-0.15, -0.1) is 0 Å². The molecule has 0 saturated carbocycles. The van der Waals surface area contributed by atoms with Crippen LogP contribution in [0.2, 0.25) is 0 Å². The molecule has 4 radical (unpaired) electrons. The summed E-state index contributed by atoms with van der Waals surface area (Å²) >= 11 is 0. The fourth-order valence-electron chi connectivity index (χ4n) is 0.321. The van der Waals surface area contributed by atoms with Crippen molar-refractivity contribution >= 4 is 8.41 Å². The van der Waals surface area contributed by atoms with Gasteiger partial charge in [0.05, 0.1) is 0 Å². The summed E-state index contributed by atoms with van der Waals surface area (Å²) in [6, 6.07) is 10.0. The summed E-state index contributed by atoms with van der Waals surface area (Å²) in [6.07, 6.45) is 0. The Hall–Kier alpha value is 0.878. The van der Waals surface area contributed by atoms with Gasteiger partial charge in [0.1, 0.15) is 0 Å². The first kappa shape index (κ1) is 22.5. The summed E-state index contributed by atoms with van der Waals surface area (Å²) < 4.78 is 0. The van der Waals surface area contributed by atoms with Crippen molar-refractivity contribution in [1.29, 1.82) is 0 Å². The molecule has 0 aliphatic rings. The maximum atomic E-state index is 2.00. The Balaban J connectivity index is -0.0000000312. The van der Waals surface area contributed by atoms with E-state index in [1.807, 2.05) is 30.3 Å². The second-order valence-electron chi connectivity index (χ2n) is 0.962. The summed E-state index contributed by atoms with van der Waals surface area (Å²) in [5.41, 5.74) is 0. The molecule has 0 unspecified atom stereocenters. The zero-order valence-electron chi connectivity index (χ0n) is 4.72. The maximum absolute atomic E-state index is 2.00. The van der Waals surface area contributed by atoms with Crippen LogP contribution in [-0.4, -0.2) is 8.41 Å². The molecule has 0 nitrogen and oxygen atoms in total. The van der Waals surface area contributed by atoms with Gasteiger partial charge in [-0.05, 0) is 0 Å². The Morgan fingerprint density at radius 2 is 1.22 bits per heavy atom. The average molecular weight is 238 g/mol. The molecule has 1 aromatic carbocycles. The maximum Gasteiger partial charge on any atom is 3.00 e. The predicted molar refractivity (Wildman–Crippen MR) is 27.8 cm³/mol. The molecule has 0 spiro atoms. The summed E-state index contributed by atoms with van der Waals surface area (Å²) in [4.78, 5) is 0. The van der Waals surface area contributed by atoms with Gasteiger partial charge in [-0.3, -0.25) is 0 Å². The molecule has 4 heteroatoms.